The molecule has 38 heavy (non-hydrogen) atoms. The monoisotopic (exact) mass is 517 g/mol. The molecule has 2 atom stereocenters. The van der Waals surface area contributed by atoms with Crippen LogP contribution in [0.4, 0.5) is 0 Å². The van der Waals surface area contributed by atoms with Gasteiger partial charge in [-0.25, -0.2) is 0 Å². The maximum Gasteiger partial charge on any atom is 0.306 e. The van der Waals surface area contributed by atoms with E-state index in [1.54, 1.807) is 48.5 Å². The third-order valence-corrected chi connectivity index (χ3v) is 5.70. The minimum Gasteiger partial charge on any atom is -0.481 e. The number of hydrogen-bond acceptors (Lipinski definition) is 7. The molecule has 0 aromatic heterocycles. The van der Waals surface area contributed by atoms with Crippen molar-refractivity contribution < 1.29 is 29.4 Å². The first-order chi connectivity index (χ1) is 18.3. The van der Waals surface area contributed by atoms with Crippen LogP contribution in [0.15, 0.2) is 48.5 Å². The smallest absolute Gasteiger partial charge is 0.306 e. The summed E-state index contributed by atoms with van der Waals surface area (Å²) in [5, 5.41) is 20.8. The quantitative estimate of drug-likeness (QED) is 0.149. The van der Waals surface area contributed by atoms with Gasteiger partial charge in [-0.3, -0.25) is 19.2 Å². The number of ketones is 2. The van der Waals surface area contributed by atoms with Crippen molar-refractivity contribution in [3.63, 3.8) is 0 Å². The number of carbonyl (C=O) groups excluding carboxylic acids is 3. The summed E-state index contributed by atoms with van der Waals surface area (Å²) in [5.74, 6) is 8.18. The molecule has 198 valence electrons. The number of carboxylic acids is 1. The molecule has 2 rings (SSSR count). The highest BCUT2D eigenvalue weighted by molar-refractivity contribution is 5.98. The predicted molar refractivity (Wildman–Crippen MR) is 142 cm³/mol. The van der Waals surface area contributed by atoms with E-state index in [0.717, 1.165) is 6.42 Å². The predicted octanol–water partition coefficient (Wildman–Crippen LogP) is 1.11. The van der Waals surface area contributed by atoms with Gasteiger partial charge in [-0.2, -0.15) is 0 Å². The van der Waals surface area contributed by atoms with Gasteiger partial charge in [0.2, 0.25) is 0 Å². The van der Waals surface area contributed by atoms with E-state index in [2.05, 4.69) is 29.0 Å². The Morgan fingerprint density at radius 2 is 1.39 bits per heavy atom. The summed E-state index contributed by atoms with van der Waals surface area (Å²) in [6.45, 7) is -0.332. The third kappa shape index (κ3) is 9.64. The number of aliphatic hydroxyl groups is 1. The summed E-state index contributed by atoms with van der Waals surface area (Å²) in [4.78, 5) is 47.7. The van der Waals surface area contributed by atoms with Crippen LogP contribution in [0.25, 0.3) is 0 Å². The summed E-state index contributed by atoms with van der Waals surface area (Å²) < 4.78 is 0. The van der Waals surface area contributed by atoms with Crippen molar-refractivity contribution in [2.24, 2.45) is 17.4 Å². The average Bonchev–Trinajstić information content (AvgIpc) is 2.93. The van der Waals surface area contributed by atoms with Crippen molar-refractivity contribution >= 4 is 23.4 Å². The van der Waals surface area contributed by atoms with Gasteiger partial charge in [0.15, 0.2) is 11.6 Å². The van der Waals surface area contributed by atoms with Crippen molar-refractivity contribution in [1.82, 2.24) is 5.32 Å². The lowest BCUT2D eigenvalue weighted by atomic mass is 9.93. The first-order valence-corrected chi connectivity index (χ1v) is 12.1. The molecule has 2 aromatic carbocycles. The fourth-order valence-electron chi connectivity index (χ4n) is 3.46. The van der Waals surface area contributed by atoms with E-state index in [0.29, 0.717) is 41.6 Å². The van der Waals surface area contributed by atoms with E-state index in [1.807, 2.05) is 0 Å². The van der Waals surface area contributed by atoms with Crippen LogP contribution in [0.5, 0.6) is 0 Å². The van der Waals surface area contributed by atoms with Crippen LogP contribution in [0.2, 0.25) is 0 Å². The van der Waals surface area contributed by atoms with Crippen LogP contribution in [0.1, 0.15) is 57.5 Å². The Hall–Kier alpha value is -4.28. The molecule has 0 saturated heterocycles. The second-order valence-electron chi connectivity index (χ2n) is 8.49. The number of carboxylic acid groups (broad SMARTS) is 1. The SMILES string of the molecule is NCCCC[C@H](CC(=O)c1ccc(C#CC#Cc2ccc(C(=O)N[C@@H](CN)C(=O)CO)cc2)cc1)C(=O)O. The first-order valence-electron chi connectivity index (χ1n) is 12.1. The molecule has 9 heteroatoms. The molecule has 0 fully saturated rings. The third-order valence-electron chi connectivity index (χ3n) is 5.70. The molecule has 0 saturated carbocycles. The van der Waals surface area contributed by atoms with Gasteiger partial charge in [0.25, 0.3) is 5.91 Å². The Labute approximate surface area is 221 Å². The largest absolute Gasteiger partial charge is 0.481 e. The zero-order chi connectivity index (χ0) is 27.9. The van der Waals surface area contributed by atoms with Crippen molar-refractivity contribution in [1.29, 1.82) is 0 Å². The summed E-state index contributed by atoms with van der Waals surface area (Å²) in [5.41, 5.74) is 12.9. The molecule has 0 unspecified atom stereocenters. The Morgan fingerprint density at radius 3 is 1.87 bits per heavy atom. The molecule has 0 radical (unpaired) electrons. The fourth-order valence-corrected chi connectivity index (χ4v) is 3.46. The number of aliphatic carboxylic acids is 1. The number of amides is 1. The summed E-state index contributed by atoms with van der Waals surface area (Å²) >= 11 is 0. The second kappa shape index (κ2) is 15.7. The molecular formula is C29H31N3O6. The van der Waals surface area contributed by atoms with Crippen LogP contribution in [-0.2, 0) is 9.59 Å². The van der Waals surface area contributed by atoms with Crippen LogP contribution >= 0.6 is 0 Å². The van der Waals surface area contributed by atoms with Crippen LogP contribution < -0.4 is 16.8 Å². The molecule has 0 bridgehead atoms. The van der Waals surface area contributed by atoms with Gasteiger partial charge >= 0.3 is 5.97 Å². The lowest BCUT2D eigenvalue weighted by Crippen LogP contribution is -2.46. The minimum atomic E-state index is -0.982. The number of Topliss-reactive ketones (excluding diaryl/α,β-unsaturated/α-hetero) is 2. The normalized spacial score (nSPS) is 11.7. The molecule has 7 N–H and O–H groups in total. The second-order valence-corrected chi connectivity index (χ2v) is 8.49. The molecule has 0 aliphatic carbocycles. The van der Waals surface area contributed by atoms with E-state index in [-0.39, 0.29) is 18.7 Å². The first kappa shape index (κ1) is 29.9. The summed E-state index contributed by atoms with van der Waals surface area (Å²) in [6.07, 6.45) is 1.74. The van der Waals surface area contributed by atoms with Gasteiger partial charge in [-0.15, -0.1) is 0 Å². The molecule has 1 amide bonds. The number of nitrogens with one attached hydrogen (secondary N) is 1. The molecular weight excluding hydrogens is 486 g/mol. The minimum absolute atomic E-state index is 0.0642. The molecule has 0 aliphatic rings. The zero-order valence-electron chi connectivity index (χ0n) is 20.9. The highest BCUT2D eigenvalue weighted by Gasteiger charge is 2.21. The molecule has 2 aromatic rings. The van der Waals surface area contributed by atoms with E-state index < -0.39 is 36.2 Å². The Balaban J connectivity index is 1.95. The van der Waals surface area contributed by atoms with Crippen molar-refractivity contribution in [3.8, 4) is 23.7 Å². The van der Waals surface area contributed by atoms with Gasteiger partial charge in [0, 0.05) is 35.2 Å². The van der Waals surface area contributed by atoms with Crippen LogP contribution in [0.3, 0.4) is 0 Å². The van der Waals surface area contributed by atoms with Gasteiger partial charge in [-0.05, 0) is 67.6 Å². The summed E-state index contributed by atoms with van der Waals surface area (Å²) in [7, 11) is 0. The van der Waals surface area contributed by atoms with E-state index in [4.69, 9.17) is 16.6 Å². The van der Waals surface area contributed by atoms with Gasteiger partial charge in [0.1, 0.15) is 12.6 Å². The Morgan fingerprint density at radius 1 is 0.842 bits per heavy atom. The van der Waals surface area contributed by atoms with Crippen molar-refractivity contribution in [2.45, 2.75) is 31.7 Å². The van der Waals surface area contributed by atoms with E-state index >= 15 is 0 Å². The Kier molecular flexibility index (Phi) is 12.4. The molecule has 0 spiro atoms. The maximum absolute atomic E-state index is 12.5. The topological polar surface area (TPSA) is 173 Å². The average molecular weight is 518 g/mol. The maximum atomic E-state index is 12.5. The lowest BCUT2D eigenvalue weighted by Gasteiger charge is -2.14. The number of aliphatic hydroxyl groups excluding tert-OH is 1. The lowest BCUT2D eigenvalue weighted by molar-refractivity contribution is -0.142. The van der Waals surface area contributed by atoms with Crippen LogP contribution in [0, 0.1) is 29.6 Å². The number of nitrogens with two attached hydrogens (primary N) is 2. The fraction of sp³-hybridized carbons (Fsp3) is 0.310. The highest BCUT2D eigenvalue weighted by atomic mass is 16.4. The van der Waals surface area contributed by atoms with E-state index in [1.165, 1.54) is 0 Å². The number of rotatable bonds is 13. The number of hydrogen-bond donors (Lipinski definition) is 5. The van der Waals surface area contributed by atoms with Crippen molar-refractivity contribution in [2.75, 3.05) is 19.7 Å². The summed E-state index contributed by atoms with van der Waals surface area (Å²) in [6, 6.07) is 12.0. The number of carbonyl (C=O) groups is 4. The molecule has 0 aliphatic heterocycles. The standard InChI is InChI=1S/C29H31N3O6/c30-16-4-3-7-24(29(37)38)17-26(34)22-12-8-20(9-13-22)5-1-2-6-21-10-14-23(15-11-21)28(36)32-25(18-31)27(35)19-33/h8-15,24-25,33H,3-4,7,16-19,30-31H2,(H,32,36)(H,37,38)/t24-,25+/m1/s1. The van der Waals surface area contributed by atoms with Gasteiger partial charge in [-0.1, -0.05) is 30.4 Å². The van der Waals surface area contributed by atoms with Crippen molar-refractivity contribution in [3.05, 3.63) is 70.8 Å². The number of benzene rings is 2. The Bertz CT molecular complexity index is 1250. The molecule has 0 heterocycles. The highest BCUT2D eigenvalue weighted by Crippen LogP contribution is 2.17. The number of unbranched alkanes of at least 4 members (excludes halogenated alkanes) is 1. The van der Waals surface area contributed by atoms with Crippen LogP contribution in [-0.4, -0.2) is 59.4 Å². The van der Waals surface area contributed by atoms with Gasteiger partial charge in [0.05, 0.1) is 5.92 Å². The molecule has 9 nitrogen and oxygen atoms in total. The van der Waals surface area contributed by atoms with E-state index in [9.17, 15) is 24.3 Å². The van der Waals surface area contributed by atoms with Gasteiger partial charge < -0.3 is 27.0 Å². The zero-order valence-corrected chi connectivity index (χ0v) is 20.9.